The predicted molar refractivity (Wildman–Crippen MR) is 264 cm³/mol. The molecule has 0 saturated heterocycles. The van der Waals surface area contributed by atoms with Gasteiger partial charge in [0, 0.05) is 0 Å². The Labute approximate surface area is 374 Å². The summed E-state index contributed by atoms with van der Waals surface area (Å²) >= 11 is 0. The van der Waals surface area contributed by atoms with Gasteiger partial charge in [0.2, 0.25) is 5.91 Å². The van der Waals surface area contributed by atoms with Crippen LogP contribution in [0, 0.1) is 0 Å². The van der Waals surface area contributed by atoms with Crippen molar-refractivity contribution >= 4 is 5.91 Å². The number of amides is 1. The number of carbonyl (C=O) groups is 1. The van der Waals surface area contributed by atoms with Crippen molar-refractivity contribution in [1.82, 2.24) is 5.32 Å². The number of nitrogens with one attached hydrogen (secondary N) is 1. The second kappa shape index (κ2) is 50.0. The van der Waals surface area contributed by atoms with Gasteiger partial charge in [0.15, 0.2) is 0 Å². The molecule has 0 aliphatic rings. The Morgan fingerprint density at radius 3 is 1.15 bits per heavy atom. The summed E-state index contributed by atoms with van der Waals surface area (Å²) in [6.45, 7) is 4.08. The van der Waals surface area contributed by atoms with Crippen molar-refractivity contribution in [2.75, 3.05) is 6.61 Å². The molecule has 4 N–H and O–H groups in total. The van der Waals surface area contributed by atoms with Gasteiger partial charge in [-0.05, 0) is 64.2 Å². The summed E-state index contributed by atoms with van der Waals surface area (Å²) in [7, 11) is 0. The molecule has 5 nitrogen and oxygen atoms in total. The molecule has 3 unspecified atom stereocenters. The fraction of sp³-hybridized carbons (Fsp3) is 0.836. The maximum Gasteiger partial charge on any atom is 0.222 e. The molecule has 0 radical (unpaired) electrons. The Morgan fingerprint density at radius 2 is 0.767 bits per heavy atom. The van der Waals surface area contributed by atoms with E-state index in [-0.39, 0.29) is 18.9 Å². The highest BCUT2D eigenvalue weighted by atomic mass is 16.3. The molecular weight excluding hydrogens is 739 g/mol. The van der Waals surface area contributed by atoms with E-state index in [0.29, 0.717) is 6.42 Å². The first-order chi connectivity index (χ1) is 29.5. The van der Waals surface area contributed by atoms with E-state index in [1.807, 2.05) is 6.08 Å². The first-order valence-corrected chi connectivity index (χ1v) is 26.4. The Morgan fingerprint density at radius 1 is 0.433 bits per heavy atom. The summed E-state index contributed by atoms with van der Waals surface area (Å²) in [4.78, 5) is 12.4. The lowest BCUT2D eigenvalue weighted by molar-refractivity contribution is -0.124. The second-order valence-electron chi connectivity index (χ2n) is 18.1. The molecule has 5 heteroatoms. The van der Waals surface area contributed by atoms with Crippen LogP contribution in [0.4, 0.5) is 0 Å². The average Bonchev–Trinajstić information content (AvgIpc) is 3.24. The molecule has 0 aromatic heterocycles. The standard InChI is InChI=1S/C55H103NO4/c1-3-5-7-9-11-13-15-16-17-18-19-20-21-22-23-24-25-26-27-28-29-30-31-32-33-34-35-36-37-38-39-40-42-44-46-48-52(58)50-55(60)56-53(51-57)54(59)49-47-45-43-41-14-12-10-8-6-4-2/h6,8,14,26-27,41,47,49,52-54,57-59H,3-5,7,9-13,15-25,28-40,42-46,48,50-51H2,1-2H3,(H,56,60)/b8-6+,27-26-,41-14+,49-47+. The monoisotopic (exact) mass is 842 g/mol. The zero-order valence-corrected chi connectivity index (χ0v) is 40.1. The smallest absolute Gasteiger partial charge is 0.222 e. The van der Waals surface area contributed by atoms with Crippen LogP contribution < -0.4 is 5.32 Å². The summed E-state index contributed by atoms with van der Waals surface area (Å²) < 4.78 is 0. The van der Waals surface area contributed by atoms with Gasteiger partial charge in [-0.2, -0.15) is 0 Å². The molecule has 0 aromatic rings. The van der Waals surface area contributed by atoms with Crippen molar-refractivity contribution in [3.63, 3.8) is 0 Å². The predicted octanol–water partition coefficient (Wildman–Crippen LogP) is 16.1. The highest BCUT2D eigenvalue weighted by molar-refractivity contribution is 5.76. The summed E-state index contributed by atoms with van der Waals surface area (Å²) in [5, 5.41) is 33.1. The largest absolute Gasteiger partial charge is 0.394 e. The number of carbonyl (C=O) groups excluding carboxylic acids is 1. The second-order valence-corrected chi connectivity index (χ2v) is 18.1. The van der Waals surface area contributed by atoms with Crippen molar-refractivity contribution in [3.05, 3.63) is 48.6 Å². The minimum Gasteiger partial charge on any atom is -0.394 e. The van der Waals surface area contributed by atoms with Crippen LogP contribution in [0.5, 0.6) is 0 Å². The van der Waals surface area contributed by atoms with E-state index in [9.17, 15) is 20.1 Å². The Hall–Kier alpha value is -1.69. The molecule has 60 heavy (non-hydrogen) atoms. The number of aliphatic hydroxyl groups excluding tert-OH is 3. The van der Waals surface area contributed by atoms with Crippen molar-refractivity contribution < 1.29 is 20.1 Å². The van der Waals surface area contributed by atoms with Crippen LogP contribution >= 0.6 is 0 Å². The Kier molecular flexibility index (Phi) is 48.6. The third-order valence-electron chi connectivity index (χ3n) is 12.1. The van der Waals surface area contributed by atoms with Gasteiger partial charge in [0.25, 0.3) is 0 Å². The molecule has 0 saturated carbocycles. The fourth-order valence-corrected chi connectivity index (χ4v) is 8.08. The lowest BCUT2D eigenvalue weighted by Gasteiger charge is -2.21. The maximum atomic E-state index is 12.4. The third-order valence-corrected chi connectivity index (χ3v) is 12.1. The summed E-state index contributed by atoms with van der Waals surface area (Å²) in [5.41, 5.74) is 0. The van der Waals surface area contributed by atoms with E-state index in [0.717, 1.165) is 44.9 Å². The van der Waals surface area contributed by atoms with Crippen molar-refractivity contribution in [2.45, 2.75) is 289 Å². The minimum atomic E-state index is -0.958. The molecule has 0 fully saturated rings. The Bertz CT molecular complexity index is 974. The highest BCUT2D eigenvalue weighted by Gasteiger charge is 2.20. The van der Waals surface area contributed by atoms with E-state index in [1.165, 1.54) is 199 Å². The van der Waals surface area contributed by atoms with Gasteiger partial charge >= 0.3 is 0 Å². The SMILES string of the molecule is CC/C=C/CC/C=C/CC/C=C/C(O)C(CO)NC(=O)CC(O)CCCCCCCCCCCCCCCCC/C=C\CCCCCCCCCCCCCCCCCC. The van der Waals surface area contributed by atoms with Gasteiger partial charge in [-0.3, -0.25) is 4.79 Å². The molecule has 0 aromatic carbocycles. The van der Waals surface area contributed by atoms with Gasteiger partial charge in [0.1, 0.15) is 0 Å². The third kappa shape index (κ3) is 45.8. The van der Waals surface area contributed by atoms with E-state index in [2.05, 4.69) is 55.6 Å². The van der Waals surface area contributed by atoms with Crippen LogP contribution in [0.2, 0.25) is 0 Å². The van der Waals surface area contributed by atoms with E-state index in [4.69, 9.17) is 0 Å². The van der Waals surface area contributed by atoms with Crippen LogP contribution in [-0.2, 0) is 4.79 Å². The molecule has 0 rings (SSSR count). The summed E-state index contributed by atoms with van der Waals surface area (Å²) in [6.07, 6.45) is 66.1. The summed E-state index contributed by atoms with van der Waals surface area (Å²) in [6, 6.07) is -0.766. The van der Waals surface area contributed by atoms with Crippen molar-refractivity contribution in [2.24, 2.45) is 0 Å². The van der Waals surface area contributed by atoms with Crippen molar-refractivity contribution in [1.29, 1.82) is 0 Å². The van der Waals surface area contributed by atoms with E-state index < -0.39 is 18.2 Å². The fourth-order valence-electron chi connectivity index (χ4n) is 8.08. The first-order valence-electron chi connectivity index (χ1n) is 26.4. The molecule has 0 aliphatic heterocycles. The zero-order valence-electron chi connectivity index (χ0n) is 40.1. The molecule has 3 atom stereocenters. The van der Waals surface area contributed by atoms with E-state index >= 15 is 0 Å². The van der Waals surface area contributed by atoms with Crippen LogP contribution in [0.3, 0.4) is 0 Å². The van der Waals surface area contributed by atoms with Gasteiger partial charge in [-0.25, -0.2) is 0 Å². The van der Waals surface area contributed by atoms with Gasteiger partial charge in [0.05, 0.1) is 31.3 Å². The quantitative estimate of drug-likeness (QED) is 0.0363. The summed E-state index contributed by atoms with van der Waals surface area (Å²) in [5.74, 6) is -0.331. The van der Waals surface area contributed by atoms with Crippen LogP contribution in [0.1, 0.15) is 271 Å². The van der Waals surface area contributed by atoms with E-state index in [1.54, 1.807) is 6.08 Å². The molecule has 0 heterocycles. The van der Waals surface area contributed by atoms with Crippen molar-refractivity contribution in [3.8, 4) is 0 Å². The normalized spacial score (nSPS) is 13.8. The number of allylic oxidation sites excluding steroid dienone is 7. The number of rotatable bonds is 48. The molecule has 0 bridgehead atoms. The number of aliphatic hydroxyl groups is 3. The van der Waals surface area contributed by atoms with Crippen LogP contribution in [0.15, 0.2) is 48.6 Å². The Balaban J connectivity index is 3.46. The molecule has 1 amide bonds. The topological polar surface area (TPSA) is 89.8 Å². The number of hydrogen-bond acceptors (Lipinski definition) is 4. The zero-order chi connectivity index (χ0) is 43.7. The molecule has 0 aliphatic carbocycles. The van der Waals surface area contributed by atoms with Crippen LogP contribution in [0.25, 0.3) is 0 Å². The molecule has 352 valence electrons. The first kappa shape index (κ1) is 58.3. The van der Waals surface area contributed by atoms with Gasteiger partial charge in [-0.1, -0.05) is 249 Å². The van der Waals surface area contributed by atoms with Gasteiger partial charge in [-0.15, -0.1) is 0 Å². The number of unbranched alkanes of at least 4 members (excludes halogenated alkanes) is 33. The van der Waals surface area contributed by atoms with Crippen LogP contribution in [-0.4, -0.2) is 46.1 Å². The minimum absolute atomic E-state index is 0.00242. The lowest BCUT2D eigenvalue weighted by Crippen LogP contribution is -2.45. The highest BCUT2D eigenvalue weighted by Crippen LogP contribution is 2.17. The molecular formula is C55H103NO4. The average molecular weight is 842 g/mol. The van der Waals surface area contributed by atoms with Gasteiger partial charge < -0.3 is 20.6 Å². The lowest BCUT2D eigenvalue weighted by atomic mass is 10.0. The maximum absolute atomic E-state index is 12.4. The molecule has 0 spiro atoms. The number of hydrogen-bond donors (Lipinski definition) is 4.